The van der Waals surface area contributed by atoms with Crippen molar-refractivity contribution >= 4 is 17.0 Å². The molecule has 1 aliphatic heterocycles. The maximum Gasteiger partial charge on any atom is 0.420 e. The summed E-state index contributed by atoms with van der Waals surface area (Å²) < 4.78 is 8.49. The highest BCUT2D eigenvalue weighted by Gasteiger charge is 2.28. The molecule has 1 amide bonds. The molecule has 1 aromatic carbocycles. The number of aromatic nitrogens is 3. The van der Waals surface area contributed by atoms with Gasteiger partial charge in [0.25, 0.3) is 0 Å². The van der Waals surface area contributed by atoms with Crippen molar-refractivity contribution < 1.29 is 9.21 Å². The van der Waals surface area contributed by atoms with Gasteiger partial charge in [-0.15, -0.1) is 0 Å². The quantitative estimate of drug-likeness (QED) is 0.727. The fourth-order valence-electron chi connectivity index (χ4n) is 3.53. The number of nitrogens with zero attached hydrogens (tertiary/aromatic N) is 4. The number of likely N-dealkylation sites (tertiary alicyclic amines) is 1. The molecule has 0 bridgehead atoms. The van der Waals surface area contributed by atoms with E-state index < -0.39 is 5.76 Å². The highest BCUT2D eigenvalue weighted by Crippen LogP contribution is 2.20. The summed E-state index contributed by atoms with van der Waals surface area (Å²) in [6, 6.07) is 9.16. The van der Waals surface area contributed by atoms with Crippen LogP contribution in [-0.2, 0) is 17.9 Å². The van der Waals surface area contributed by atoms with Crippen LogP contribution in [0, 0.1) is 0 Å². The van der Waals surface area contributed by atoms with Gasteiger partial charge in [0, 0.05) is 18.9 Å². The highest BCUT2D eigenvalue weighted by molar-refractivity contribution is 5.79. The number of para-hydroxylation sites is 2. The molecule has 0 unspecified atom stereocenters. The molecule has 0 spiro atoms. The van der Waals surface area contributed by atoms with Gasteiger partial charge in [-0.2, -0.15) is 5.10 Å². The number of hydrogen-bond acceptors (Lipinski definition) is 4. The lowest BCUT2D eigenvalue weighted by molar-refractivity contribution is -0.136. The number of carbonyl (C=O) groups is 1. The minimum atomic E-state index is -0.491. The van der Waals surface area contributed by atoms with Gasteiger partial charge < -0.3 is 9.32 Å². The van der Waals surface area contributed by atoms with Crippen LogP contribution < -0.4 is 5.76 Å². The lowest BCUT2D eigenvalue weighted by atomic mass is 10.0. The minimum absolute atomic E-state index is 0.00541. The fourth-order valence-corrected chi connectivity index (χ4v) is 3.53. The number of benzene rings is 1. The van der Waals surface area contributed by atoms with E-state index in [0.29, 0.717) is 17.6 Å². The Hall–Kier alpha value is -2.83. The second kappa shape index (κ2) is 6.58. The van der Waals surface area contributed by atoms with Crippen molar-refractivity contribution in [1.82, 2.24) is 19.2 Å². The molecule has 1 saturated heterocycles. The first-order valence-corrected chi connectivity index (χ1v) is 8.57. The average Bonchev–Trinajstić information content (AvgIpc) is 3.24. The number of carbonyl (C=O) groups excluding carboxylic acids is 1. The monoisotopic (exact) mass is 340 g/mol. The van der Waals surface area contributed by atoms with Crippen LogP contribution in [0.3, 0.4) is 0 Å². The molecule has 0 aliphatic carbocycles. The van der Waals surface area contributed by atoms with Crippen LogP contribution >= 0.6 is 0 Å². The zero-order chi connectivity index (χ0) is 17.2. The standard InChI is InChI=1S/C18H20N4O3/c23-17(13-22-15-7-1-2-8-16(15)25-18(22)24)21-11-4-3-6-14(21)12-20-10-5-9-19-20/h1-2,5,7-10,14H,3-4,6,11-13H2/t14-/m0/s1. The first-order chi connectivity index (χ1) is 12.2. The summed E-state index contributed by atoms with van der Waals surface area (Å²) in [4.78, 5) is 26.9. The Labute approximate surface area is 144 Å². The van der Waals surface area contributed by atoms with E-state index in [1.165, 1.54) is 4.57 Å². The van der Waals surface area contributed by atoms with Crippen molar-refractivity contribution in [2.75, 3.05) is 6.54 Å². The predicted molar refractivity (Wildman–Crippen MR) is 92.1 cm³/mol. The summed E-state index contributed by atoms with van der Waals surface area (Å²) in [6.45, 7) is 1.40. The Kier molecular flexibility index (Phi) is 4.13. The third-order valence-corrected chi connectivity index (χ3v) is 4.77. The van der Waals surface area contributed by atoms with Crippen LogP contribution in [0.5, 0.6) is 0 Å². The highest BCUT2D eigenvalue weighted by atomic mass is 16.4. The van der Waals surface area contributed by atoms with E-state index >= 15 is 0 Å². The summed E-state index contributed by atoms with van der Waals surface area (Å²) in [7, 11) is 0. The minimum Gasteiger partial charge on any atom is -0.408 e. The van der Waals surface area contributed by atoms with E-state index in [-0.39, 0.29) is 18.5 Å². The Morgan fingerprint density at radius 1 is 1.24 bits per heavy atom. The molecule has 2 aromatic heterocycles. The lowest BCUT2D eigenvalue weighted by Crippen LogP contribution is -2.47. The van der Waals surface area contributed by atoms with E-state index in [9.17, 15) is 9.59 Å². The molecule has 0 N–H and O–H groups in total. The molecular weight excluding hydrogens is 320 g/mol. The molecule has 1 fully saturated rings. The van der Waals surface area contributed by atoms with Crippen LogP contribution in [0.15, 0.2) is 51.9 Å². The van der Waals surface area contributed by atoms with Gasteiger partial charge in [0.05, 0.1) is 18.1 Å². The molecule has 0 radical (unpaired) electrons. The van der Waals surface area contributed by atoms with Crippen molar-refractivity contribution in [1.29, 1.82) is 0 Å². The van der Waals surface area contributed by atoms with Crippen molar-refractivity contribution in [2.45, 2.75) is 38.4 Å². The summed E-state index contributed by atoms with van der Waals surface area (Å²) in [5.41, 5.74) is 1.16. The van der Waals surface area contributed by atoms with E-state index in [0.717, 1.165) is 25.8 Å². The Balaban J connectivity index is 1.56. The molecule has 25 heavy (non-hydrogen) atoms. The summed E-state index contributed by atoms with van der Waals surface area (Å²) in [6.07, 6.45) is 6.69. The summed E-state index contributed by atoms with van der Waals surface area (Å²) >= 11 is 0. The van der Waals surface area contributed by atoms with Crippen LogP contribution in [0.2, 0.25) is 0 Å². The molecule has 7 heteroatoms. The number of amides is 1. The zero-order valence-electron chi connectivity index (χ0n) is 13.9. The van der Waals surface area contributed by atoms with Gasteiger partial charge >= 0.3 is 5.76 Å². The number of hydrogen-bond donors (Lipinski definition) is 0. The first-order valence-electron chi connectivity index (χ1n) is 8.57. The van der Waals surface area contributed by atoms with Crippen molar-refractivity contribution in [3.05, 3.63) is 53.3 Å². The molecule has 1 atom stereocenters. The lowest BCUT2D eigenvalue weighted by Gasteiger charge is -2.35. The summed E-state index contributed by atoms with van der Waals surface area (Å²) in [5, 5.41) is 4.24. The molecular formula is C18H20N4O3. The number of rotatable bonds is 4. The van der Waals surface area contributed by atoms with Gasteiger partial charge in [0.1, 0.15) is 6.54 Å². The van der Waals surface area contributed by atoms with E-state index in [1.54, 1.807) is 18.3 Å². The van der Waals surface area contributed by atoms with Crippen molar-refractivity contribution in [2.24, 2.45) is 0 Å². The number of fused-ring (bicyclic) bond motifs is 1. The second-order valence-corrected chi connectivity index (χ2v) is 6.39. The maximum atomic E-state index is 12.9. The van der Waals surface area contributed by atoms with Crippen LogP contribution in [0.4, 0.5) is 0 Å². The topological polar surface area (TPSA) is 73.3 Å². The third kappa shape index (κ3) is 3.09. The SMILES string of the molecule is O=C(Cn1c(=O)oc2ccccc21)N1CCCC[C@H]1Cn1cccn1. The van der Waals surface area contributed by atoms with Crippen LogP contribution in [-0.4, -0.2) is 37.7 Å². The summed E-state index contributed by atoms with van der Waals surface area (Å²) in [5.74, 6) is -0.541. The molecule has 3 aromatic rings. The molecule has 4 rings (SSSR count). The largest absolute Gasteiger partial charge is 0.420 e. The van der Waals surface area contributed by atoms with Gasteiger partial charge in [-0.25, -0.2) is 4.79 Å². The van der Waals surface area contributed by atoms with E-state index in [4.69, 9.17) is 4.42 Å². The van der Waals surface area contributed by atoms with E-state index in [2.05, 4.69) is 5.10 Å². The van der Waals surface area contributed by atoms with Gasteiger partial charge in [-0.05, 0) is 37.5 Å². The van der Waals surface area contributed by atoms with Gasteiger partial charge in [0.15, 0.2) is 5.58 Å². The molecule has 1 aliphatic rings. The smallest absolute Gasteiger partial charge is 0.408 e. The molecule has 7 nitrogen and oxygen atoms in total. The Bertz CT molecular complexity index is 925. The first kappa shape index (κ1) is 15.7. The third-order valence-electron chi connectivity index (χ3n) is 4.77. The average molecular weight is 340 g/mol. The number of piperidine rings is 1. The molecule has 130 valence electrons. The van der Waals surface area contributed by atoms with Gasteiger partial charge in [0.2, 0.25) is 5.91 Å². The molecule has 0 saturated carbocycles. The van der Waals surface area contributed by atoms with Gasteiger partial charge in [-0.1, -0.05) is 12.1 Å². The Morgan fingerprint density at radius 3 is 2.96 bits per heavy atom. The van der Waals surface area contributed by atoms with Crippen LogP contribution in [0.25, 0.3) is 11.1 Å². The van der Waals surface area contributed by atoms with Crippen LogP contribution in [0.1, 0.15) is 19.3 Å². The van der Waals surface area contributed by atoms with Crippen molar-refractivity contribution in [3.63, 3.8) is 0 Å². The maximum absolute atomic E-state index is 12.9. The predicted octanol–water partition coefficient (Wildman–Crippen LogP) is 1.87. The Morgan fingerprint density at radius 2 is 2.12 bits per heavy atom. The normalized spacial score (nSPS) is 17.9. The number of oxazole rings is 1. The van der Waals surface area contributed by atoms with Crippen molar-refractivity contribution in [3.8, 4) is 0 Å². The fraction of sp³-hybridized carbons (Fsp3) is 0.389. The second-order valence-electron chi connectivity index (χ2n) is 6.39. The van der Waals surface area contributed by atoms with Gasteiger partial charge in [-0.3, -0.25) is 14.0 Å². The zero-order valence-corrected chi connectivity index (χ0v) is 13.9. The van der Waals surface area contributed by atoms with E-state index in [1.807, 2.05) is 34.0 Å². The molecule has 3 heterocycles.